The summed E-state index contributed by atoms with van der Waals surface area (Å²) in [4.78, 5) is 27.0. The summed E-state index contributed by atoms with van der Waals surface area (Å²) in [6, 6.07) is 14.7. The van der Waals surface area contributed by atoms with Crippen LogP contribution in [0.4, 0.5) is 0 Å². The second kappa shape index (κ2) is 6.38. The highest BCUT2D eigenvalue weighted by Crippen LogP contribution is 2.20. The third-order valence-corrected chi connectivity index (χ3v) is 4.08. The number of aryl methyl sites for hydroxylation is 1. The molecule has 1 amide bonds. The molecular formula is C18H15BrN2O2. The van der Waals surface area contributed by atoms with Crippen molar-refractivity contribution < 1.29 is 4.79 Å². The van der Waals surface area contributed by atoms with Crippen LogP contribution in [0.1, 0.15) is 21.5 Å². The second-order valence-electron chi connectivity index (χ2n) is 5.41. The molecule has 0 saturated carbocycles. The van der Waals surface area contributed by atoms with Gasteiger partial charge in [0.15, 0.2) is 0 Å². The SMILES string of the molecule is Cc1cccc(CNC(=O)c2cc(=O)[nH]c3ccc(Br)cc23)c1. The number of benzene rings is 2. The van der Waals surface area contributed by atoms with E-state index in [4.69, 9.17) is 0 Å². The molecule has 2 N–H and O–H groups in total. The Morgan fingerprint density at radius 1 is 1.17 bits per heavy atom. The van der Waals surface area contributed by atoms with Gasteiger partial charge in [-0.2, -0.15) is 0 Å². The number of nitrogens with one attached hydrogen (secondary N) is 2. The lowest BCUT2D eigenvalue weighted by atomic mass is 10.1. The summed E-state index contributed by atoms with van der Waals surface area (Å²) in [5, 5.41) is 3.58. The zero-order valence-electron chi connectivity index (χ0n) is 12.5. The summed E-state index contributed by atoms with van der Waals surface area (Å²) in [5.74, 6) is -0.263. The summed E-state index contributed by atoms with van der Waals surface area (Å²) in [7, 11) is 0. The minimum Gasteiger partial charge on any atom is -0.348 e. The molecule has 0 aliphatic carbocycles. The van der Waals surface area contributed by atoms with Gasteiger partial charge in [0.2, 0.25) is 5.56 Å². The number of pyridine rings is 1. The molecule has 0 radical (unpaired) electrons. The molecule has 0 aliphatic heterocycles. The number of fused-ring (bicyclic) bond motifs is 1. The molecule has 3 rings (SSSR count). The van der Waals surface area contributed by atoms with Gasteiger partial charge in [-0.1, -0.05) is 45.8 Å². The number of hydrogen-bond donors (Lipinski definition) is 2. The van der Waals surface area contributed by atoms with Gasteiger partial charge in [-0.15, -0.1) is 0 Å². The van der Waals surface area contributed by atoms with E-state index >= 15 is 0 Å². The van der Waals surface area contributed by atoms with Crippen LogP contribution in [0.2, 0.25) is 0 Å². The topological polar surface area (TPSA) is 62.0 Å². The van der Waals surface area contributed by atoms with Gasteiger partial charge in [0.25, 0.3) is 5.91 Å². The van der Waals surface area contributed by atoms with Gasteiger partial charge >= 0.3 is 0 Å². The van der Waals surface area contributed by atoms with E-state index in [9.17, 15) is 9.59 Å². The van der Waals surface area contributed by atoms with Crippen LogP contribution in [0, 0.1) is 6.92 Å². The first-order chi connectivity index (χ1) is 11.0. The van der Waals surface area contributed by atoms with Crippen molar-refractivity contribution >= 4 is 32.7 Å². The Kier molecular flexibility index (Phi) is 4.30. The highest BCUT2D eigenvalue weighted by atomic mass is 79.9. The van der Waals surface area contributed by atoms with Crippen LogP contribution in [0.15, 0.2) is 57.8 Å². The maximum Gasteiger partial charge on any atom is 0.252 e. The quantitative estimate of drug-likeness (QED) is 0.740. The van der Waals surface area contributed by atoms with Crippen LogP contribution in [0.25, 0.3) is 10.9 Å². The van der Waals surface area contributed by atoms with Crippen LogP contribution in [0.3, 0.4) is 0 Å². The molecule has 3 aromatic rings. The van der Waals surface area contributed by atoms with E-state index in [1.165, 1.54) is 6.07 Å². The monoisotopic (exact) mass is 370 g/mol. The van der Waals surface area contributed by atoms with Crippen molar-refractivity contribution in [1.82, 2.24) is 10.3 Å². The summed E-state index contributed by atoms with van der Waals surface area (Å²) >= 11 is 3.39. The zero-order valence-corrected chi connectivity index (χ0v) is 14.1. The lowest BCUT2D eigenvalue weighted by Gasteiger charge is -2.09. The number of aromatic amines is 1. The first-order valence-corrected chi connectivity index (χ1v) is 7.98. The van der Waals surface area contributed by atoms with Crippen molar-refractivity contribution in [3.8, 4) is 0 Å². The van der Waals surface area contributed by atoms with E-state index in [2.05, 4.69) is 26.2 Å². The average molecular weight is 371 g/mol. The zero-order chi connectivity index (χ0) is 16.4. The second-order valence-corrected chi connectivity index (χ2v) is 6.32. The number of aromatic nitrogens is 1. The van der Waals surface area contributed by atoms with Gasteiger partial charge in [-0.25, -0.2) is 0 Å². The minimum atomic E-state index is -0.291. The highest BCUT2D eigenvalue weighted by Gasteiger charge is 2.12. The lowest BCUT2D eigenvalue weighted by molar-refractivity contribution is 0.0952. The van der Waals surface area contributed by atoms with Gasteiger partial charge in [0.1, 0.15) is 0 Å². The molecule has 0 spiro atoms. The van der Waals surface area contributed by atoms with Crippen molar-refractivity contribution in [3.63, 3.8) is 0 Å². The summed E-state index contributed by atoms with van der Waals surface area (Å²) in [5.41, 5.74) is 2.88. The number of halogens is 1. The molecule has 0 bridgehead atoms. The maximum absolute atomic E-state index is 12.5. The summed E-state index contributed by atoms with van der Waals surface area (Å²) in [6.45, 7) is 2.43. The summed E-state index contributed by atoms with van der Waals surface area (Å²) in [6.07, 6.45) is 0. The Morgan fingerprint density at radius 2 is 2.00 bits per heavy atom. The average Bonchev–Trinajstić information content (AvgIpc) is 2.52. The standard InChI is InChI=1S/C18H15BrN2O2/c1-11-3-2-4-12(7-11)10-20-18(23)15-9-17(22)21-16-6-5-13(19)8-14(15)16/h2-9H,10H2,1H3,(H,20,23)(H,21,22). The molecule has 5 heteroatoms. The van der Waals surface area contributed by atoms with E-state index in [0.717, 1.165) is 15.6 Å². The number of hydrogen-bond acceptors (Lipinski definition) is 2. The number of H-pyrrole nitrogens is 1. The van der Waals surface area contributed by atoms with E-state index in [1.807, 2.05) is 43.3 Å². The fraction of sp³-hybridized carbons (Fsp3) is 0.111. The fourth-order valence-corrected chi connectivity index (χ4v) is 2.87. The number of carbonyl (C=O) groups excluding carboxylic acids is 1. The third-order valence-electron chi connectivity index (χ3n) is 3.59. The molecular weight excluding hydrogens is 356 g/mol. The molecule has 1 heterocycles. The highest BCUT2D eigenvalue weighted by molar-refractivity contribution is 9.10. The van der Waals surface area contributed by atoms with Crippen molar-refractivity contribution in [3.05, 3.63) is 80.0 Å². The van der Waals surface area contributed by atoms with Crippen LogP contribution >= 0.6 is 15.9 Å². The Balaban J connectivity index is 1.91. The van der Waals surface area contributed by atoms with E-state index in [-0.39, 0.29) is 11.5 Å². The van der Waals surface area contributed by atoms with Gasteiger partial charge in [0.05, 0.1) is 5.56 Å². The molecule has 0 unspecified atom stereocenters. The number of carbonyl (C=O) groups is 1. The third kappa shape index (κ3) is 3.51. The normalized spacial score (nSPS) is 10.7. The first-order valence-electron chi connectivity index (χ1n) is 7.19. The largest absolute Gasteiger partial charge is 0.348 e. The smallest absolute Gasteiger partial charge is 0.252 e. The van der Waals surface area contributed by atoms with Crippen molar-refractivity contribution in [1.29, 1.82) is 0 Å². The Morgan fingerprint density at radius 3 is 2.78 bits per heavy atom. The molecule has 2 aromatic carbocycles. The Labute approximate surface area is 141 Å². The van der Waals surface area contributed by atoms with Crippen molar-refractivity contribution in [2.45, 2.75) is 13.5 Å². The van der Waals surface area contributed by atoms with Crippen LogP contribution in [0.5, 0.6) is 0 Å². The van der Waals surface area contributed by atoms with Crippen molar-refractivity contribution in [2.75, 3.05) is 0 Å². The minimum absolute atomic E-state index is 0.263. The van der Waals surface area contributed by atoms with Crippen molar-refractivity contribution in [2.24, 2.45) is 0 Å². The Hall–Kier alpha value is -2.40. The molecule has 1 aromatic heterocycles. The van der Waals surface area contributed by atoms with Gasteiger partial charge in [-0.05, 0) is 30.7 Å². The fourth-order valence-electron chi connectivity index (χ4n) is 2.51. The van der Waals surface area contributed by atoms with E-state index < -0.39 is 0 Å². The predicted molar refractivity (Wildman–Crippen MR) is 94.6 cm³/mol. The van der Waals surface area contributed by atoms with Gasteiger partial charge in [0, 0.05) is 28.0 Å². The lowest BCUT2D eigenvalue weighted by Crippen LogP contribution is -2.24. The van der Waals surface area contributed by atoms with E-state index in [0.29, 0.717) is 23.0 Å². The summed E-state index contributed by atoms with van der Waals surface area (Å²) < 4.78 is 0.852. The molecule has 23 heavy (non-hydrogen) atoms. The van der Waals surface area contributed by atoms with Crippen LogP contribution in [-0.2, 0) is 6.54 Å². The molecule has 0 atom stereocenters. The van der Waals surface area contributed by atoms with E-state index in [1.54, 1.807) is 6.07 Å². The van der Waals surface area contributed by atoms with Crippen LogP contribution in [-0.4, -0.2) is 10.9 Å². The first kappa shape index (κ1) is 15.5. The molecule has 0 fully saturated rings. The number of amides is 1. The molecule has 0 aliphatic rings. The van der Waals surface area contributed by atoms with Gasteiger partial charge < -0.3 is 10.3 Å². The molecule has 0 saturated heterocycles. The maximum atomic E-state index is 12.5. The Bertz CT molecular complexity index is 947. The van der Waals surface area contributed by atoms with Crippen LogP contribution < -0.4 is 10.9 Å². The molecule has 116 valence electrons. The van der Waals surface area contributed by atoms with Gasteiger partial charge in [-0.3, -0.25) is 9.59 Å². The number of rotatable bonds is 3. The molecule has 4 nitrogen and oxygen atoms in total. The predicted octanol–water partition coefficient (Wildman–Crippen LogP) is 3.53.